The molecular formula is C12H10F3N3. The van der Waals surface area contributed by atoms with Crippen LogP contribution < -0.4 is 5.32 Å². The van der Waals surface area contributed by atoms with Crippen LogP contribution in [-0.4, -0.2) is 9.97 Å². The highest BCUT2D eigenvalue weighted by atomic mass is 19.2. The number of anilines is 1. The van der Waals surface area contributed by atoms with Crippen LogP contribution in [0.5, 0.6) is 0 Å². The zero-order valence-electron chi connectivity index (χ0n) is 9.49. The Morgan fingerprint density at radius 1 is 1.22 bits per heavy atom. The van der Waals surface area contributed by atoms with E-state index in [1.54, 1.807) is 31.5 Å². The highest BCUT2D eigenvalue weighted by Crippen LogP contribution is 2.20. The fraction of sp³-hybridized carbons (Fsp3) is 0.167. The molecular weight excluding hydrogens is 243 g/mol. The lowest BCUT2D eigenvalue weighted by Gasteiger charge is -2.14. The van der Waals surface area contributed by atoms with Gasteiger partial charge in [-0.25, -0.2) is 8.78 Å². The van der Waals surface area contributed by atoms with Crippen molar-refractivity contribution in [2.75, 3.05) is 5.32 Å². The van der Waals surface area contributed by atoms with Crippen LogP contribution in [0.3, 0.4) is 0 Å². The van der Waals surface area contributed by atoms with Gasteiger partial charge < -0.3 is 5.32 Å². The Bertz CT molecular complexity index is 546. The number of pyridine rings is 2. The second-order valence-corrected chi connectivity index (χ2v) is 3.74. The quantitative estimate of drug-likeness (QED) is 0.854. The Hall–Kier alpha value is -2.11. The van der Waals surface area contributed by atoms with Gasteiger partial charge in [-0.05, 0) is 18.6 Å². The first-order chi connectivity index (χ1) is 8.58. The fourth-order valence-electron chi connectivity index (χ4n) is 1.47. The van der Waals surface area contributed by atoms with Gasteiger partial charge in [0.15, 0.2) is 17.5 Å². The molecule has 6 heteroatoms. The maximum atomic E-state index is 13.4. The van der Waals surface area contributed by atoms with Crippen molar-refractivity contribution in [2.45, 2.75) is 13.0 Å². The van der Waals surface area contributed by atoms with Crippen molar-refractivity contribution in [2.24, 2.45) is 0 Å². The number of nitrogens with one attached hydrogen (secondary N) is 1. The van der Waals surface area contributed by atoms with E-state index in [9.17, 15) is 13.2 Å². The third-order valence-electron chi connectivity index (χ3n) is 2.42. The third-order valence-corrected chi connectivity index (χ3v) is 2.42. The Kier molecular flexibility index (Phi) is 3.45. The van der Waals surface area contributed by atoms with Crippen LogP contribution in [0.2, 0.25) is 0 Å². The van der Waals surface area contributed by atoms with Crippen molar-refractivity contribution in [3.8, 4) is 0 Å². The first-order valence-electron chi connectivity index (χ1n) is 5.26. The summed E-state index contributed by atoms with van der Waals surface area (Å²) in [6, 6.07) is 3.64. The molecule has 18 heavy (non-hydrogen) atoms. The predicted molar refractivity (Wildman–Crippen MR) is 60.4 cm³/mol. The first-order valence-corrected chi connectivity index (χ1v) is 5.26. The summed E-state index contributed by atoms with van der Waals surface area (Å²) in [5.74, 6) is -3.92. The molecule has 2 rings (SSSR count). The second-order valence-electron chi connectivity index (χ2n) is 3.74. The molecule has 2 aromatic rings. The average molecular weight is 253 g/mol. The van der Waals surface area contributed by atoms with Gasteiger partial charge in [-0.1, -0.05) is 6.07 Å². The molecule has 0 bridgehead atoms. The van der Waals surface area contributed by atoms with Gasteiger partial charge in [0, 0.05) is 18.5 Å². The summed E-state index contributed by atoms with van der Waals surface area (Å²) >= 11 is 0. The van der Waals surface area contributed by atoms with Crippen molar-refractivity contribution >= 4 is 5.82 Å². The minimum Gasteiger partial charge on any atom is -0.361 e. The molecule has 1 unspecified atom stereocenters. The fourth-order valence-corrected chi connectivity index (χ4v) is 1.47. The van der Waals surface area contributed by atoms with Gasteiger partial charge in [0.05, 0.1) is 6.04 Å². The van der Waals surface area contributed by atoms with Crippen molar-refractivity contribution in [3.63, 3.8) is 0 Å². The van der Waals surface area contributed by atoms with E-state index < -0.39 is 17.6 Å². The van der Waals surface area contributed by atoms with Gasteiger partial charge in [-0.2, -0.15) is 9.37 Å². The second kappa shape index (κ2) is 5.03. The van der Waals surface area contributed by atoms with E-state index in [-0.39, 0.29) is 11.9 Å². The lowest BCUT2D eigenvalue weighted by atomic mass is 10.1. The van der Waals surface area contributed by atoms with Crippen LogP contribution in [0.1, 0.15) is 18.5 Å². The summed E-state index contributed by atoms with van der Waals surface area (Å²) in [5.41, 5.74) is 0.781. The molecule has 1 atom stereocenters. The molecule has 0 aromatic carbocycles. The maximum Gasteiger partial charge on any atom is 0.251 e. The molecule has 2 heterocycles. The molecule has 0 aliphatic rings. The Balaban J connectivity index is 2.22. The molecule has 94 valence electrons. The van der Waals surface area contributed by atoms with Gasteiger partial charge in [0.1, 0.15) is 0 Å². The molecule has 0 saturated carbocycles. The van der Waals surface area contributed by atoms with Crippen molar-refractivity contribution in [1.82, 2.24) is 9.97 Å². The number of rotatable bonds is 3. The predicted octanol–water partition coefficient (Wildman–Crippen LogP) is 3.07. The number of halogens is 3. The molecule has 0 aliphatic carbocycles. The molecule has 0 amide bonds. The summed E-state index contributed by atoms with van der Waals surface area (Å²) in [5, 5.41) is 2.66. The molecule has 1 N–H and O–H groups in total. The third kappa shape index (κ3) is 2.58. The summed E-state index contributed by atoms with van der Waals surface area (Å²) in [6.07, 6.45) is 3.20. The van der Waals surface area contributed by atoms with E-state index in [2.05, 4.69) is 15.3 Å². The highest BCUT2D eigenvalue weighted by molar-refractivity contribution is 5.39. The lowest BCUT2D eigenvalue weighted by Crippen LogP contribution is -2.11. The van der Waals surface area contributed by atoms with E-state index in [4.69, 9.17) is 0 Å². The normalized spacial score (nSPS) is 12.2. The van der Waals surface area contributed by atoms with Crippen LogP contribution in [-0.2, 0) is 0 Å². The number of nitrogens with zero attached hydrogens (tertiary/aromatic N) is 2. The van der Waals surface area contributed by atoms with E-state index in [0.717, 1.165) is 5.56 Å². The summed E-state index contributed by atoms with van der Waals surface area (Å²) in [4.78, 5) is 7.10. The summed E-state index contributed by atoms with van der Waals surface area (Å²) in [6.45, 7) is 1.74. The molecule has 0 fully saturated rings. The Morgan fingerprint density at radius 2 is 2.00 bits per heavy atom. The number of hydrogen-bond donors (Lipinski definition) is 1. The largest absolute Gasteiger partial charge is 0.361 e. The van der Waals surface area contributed by atoms with Gasteiger partial charge >= 0.3 is 0 Å². The standard InChI is InChI=1S/C12H10F3N3/c1-7(8-3-2-4-16-6-8)17-12-10(14)5-9(13)11(15)18-12/h2-7H,1H3,(H,17,18). The van der Waals surface area contributed by atoms with Crippen LogP contribution in [0.4, 0.5) is 19.0 Å². The van der Waals surface area contributed by atoms with Crippen molar-refractivity contribution in [3.05, 3.63) is 53.7 Å². The van der Waals surface area contributed by atoms with E-state index in [1.807, 2.05) is 0 Å². The van der Waals surface area contributed by atoms with Crippen LogP contribution in [0, 0.1) is 17.6 Å². The number of aromatic nitrogens is 2. The van der Waals surface area contributed by atoms with E-state index in [1.165, 1.54) is 0 Å². The minimum absolute atomic E-state index is 0.328. The van der Waals surface area contributed by atoms with Gasteiger partial charge in [-0.15, -0.1) is 0 Å². The zero-order valence-corrected chi connectivity index (χ0v) is 9.49. The zero-order chi connectivity index (χ0) is 13.1. The molecule has 0 radical (unpaired) electrons. The SMILES string of the molecule is CC(Nc1nc(F)c(F)cc1F)c1cccnc1. The lowest BCUT2D eigenvalue weighted by molar-refractivity contribution is 0.465. The average Bonchev–Trinajstić information content (AvgIpc) is 2.37. The maximum absolute atomic E-state index is 13.4. The van der Waals surface area contributed by atoms with Crippen molar-refractivity contribution in [1.29, 1.82) is 0 Å². The molecule has 0 aliphatic heterocycles. The van der Waals surface area contributed by atoms with Crippen LogP contribution in [0.25, 0.3) is 0 Å². The van der Waals surface area contributed by atoms with Gasteiger partial charge in [0.2, 0.25) is 0 Å². The van der Waals surface area contributed by atoms with E-state index >= 15 is 0 Å². The highest BCUT2D eigenvalue weighted by Gasteiger charge is 2.14. The Labute approximate surface area is 102 Å². The molecule has 3 nitrogen and oxygen atoms in total. The van der Waals surface area contributed by atoms with Gasteiger partial charge in [0.25, 0.3) is 5.95 Å². The number of hydrogen-bond acceptors (Lipinski definition) is 3. The molecule has 0 spiro atoms. The first kappa shape index (κ1) is 12.3. The summed E-state index contributed by atoms with van der Waals surface area (Å²) in [7, 11) is 0. The summed E-state index contributed by atoms with van der Waals surface area (Å²) < 4.78 is 39.0. The van der Waals surface area contributed by atoms with Crippen molar-refractivity contribution < 1.29 is 13.2 Å². The van der Waals surface area contributed by atoms with Crippen LogP contribution in [0.15, 0.2) is 30.6 Å². The molecule has 0 saturated heterocycles. The smallest absolute Gasteiger partial charge is 0.251 e. The van der Waals surface area contributed by atoms with E-state index in [0.29, 0.717) is 6.07 Å². The monoisotopic (exact) mass is 253 g/mol. The topological polar surface area (TPSA) is 37.8 Å². The Morgan fingerprint density at radius 3 is 2.67 bits per heavy atom. The minimum atomic E-state index is -1.34. The molecule has 2 aromatic heterocycles. The van der Waals surface area contributed by atoms with Gasteiger partial charge in [-0.3, -0.25) is 4.98 Å². The van der Waals surface area contributed by atoms with Crippen LogP contribution >= 0.6 is 0 Å².